The number of rotatable bonds is 20. The second-order valence-electron chi connectivity index (χ2n) is 25.9. The Bertz CT molecular complexity index is 5900. The fourth-order valence-electron chi connectivity index (χ4n) is 12.6. The number of anilines is 3. The van der Waals surface area contributed by atoms with Gasteiger partial charge in [0.25, 0.3) is 0 Å². The number of benzene rings is 6. The smallest absolute Gasteiger partial charge is 0.416 e. The molecule has 15 aromatic rings. The molecule has 3 atom stereocenters. The van der Waals surface area contributed by atoms with Crippen LogP contribution in [-0.4, -0.2) is 88.8 Å². The van der Waals surface area contributed by atoms with Gasteiger partial charge in [0.05, 0.1) is 104 Å². The molecule has 9 aromatic heterocycles. The topological polar surface area (TPSA) is 241 Å². The van der Waals surface area contributed by atoms with E-state index in [1.807, 2.05) is 142 Å². The summed E-state index contributed by atoms with van der Waals surface area (Å²) in [6.07, 6.45) is -3.76. The Morgan fingerprint density at radius 2 is 0.752 bits per heavy atom. The maximum atomic E-state index is 13.5. The van der Waals surface area contributed by atoms with Gasteiger partial charge in [0.1, 0.15) is 16.9 Å². The summed E-state index contributed by atoms with van der Waals surface area (Å²) in [6, 6.07) is 58.9. The van der Waals surface area contributed by atoms with Crippen LogP contribution in [0.25, 0.3) is 84.9 Å². The van der Waals surface area contributed by atoms with Gasteiger partial charge < -0.3 is 31.1 Å². The van der Waals surface area contributed by atoms with Crippen molar-refractivity contribution < 1.29 is 58.9 Å². The van der Waals surface area contributed by atoms with E-state index in [2.05, 4.69) is 56.2 Å². The summed E-state index contributed by atoms with van der Waals surface area (Å²) < 4.78 is 132. The molecule has 0 aliphatic rings. The molecular formula is C84H69F9N16O4. The molecule has 5 N–H and O–H groups in total. The van der Waals surface area contributed by atoms with E-state index >= 15 is 0 Å². The molecule has 0 saturated carbocycles. The quantitative estimate of drug-likeness (QED) is 0.0352. The first kappa shape index (κ1) is 77.5. The van der Waals surface area contributed by atoms with E-state index in [1.54, 1.807) is 76.9 Å². The number of hydrogen-bond acceptors (Lipinski definition) is 16. The van der Waals surface area contributed by atoms with Crippen LogP contribution in [0.15, 0.2) is 256 Å². The summed E-state index contributed by atoms with van der Waals surface area (Å²) in [4.78, 5) is 64.8. The zero-order chi connectivity index (χ0) is 79.7. The predicted octanol–water partition coefficient (Wildman–Crippen LogP) is 19.5. The number of aromatic carboxylic acids is 1. The lowest BCUT2D eigenvalue weighted by atomic mass is 10.0. The van der Waals surface area contributed by atoms with E-state index < -0.39 is 47.2 Å². The highest BCUT2D eigenvalue weighted by atomic mass is 19.4. The van der Waals surface area contributed by atoms with Crippen molar-refractivity contribution in [2.75, 3.05) is 29.6 Å². The van der Waals surface area contributed by atoms with E-state index in [0.717, 1.165) is 58.7 Å². The van der Waals surface area contributed by atoms with Crippen molar-refractivity contribution >= 4 is 46.7 Å². The molecule has 0 spiro atoms. The van der Waals surface area contributed by atoms with Gasteiger partial charge in [-0.3, -0.25) is 13.2 Å². The molecule has 0 saturated heterocycles. The van der Waals surface area contributed by atoms with E-state index in [4.69, 9.17) is 14.7 Å². The molecule has 572 valence electrons. The fraction of sp³-hybridized carbons (Fsp3) is 0.155. The van der Waals surface area contributed by atoms with Crippen molar-refractivity contribution in [3.05, 3.63) is 306 Å². The molecule has 20 nitrogen and oxygen atoms in total. The third kappa shape index (κ3) is 18.0. The molecule has 0 aliphatic carbocycles. The van der Waals surface area contributed by atoms with Crippen LogP contribution in [0.2, 0.25) is 0 Å². The van der Waals surface area contributed by atoms with Crippen LogP contribution in [-0.2, 0) is 29.8 Å². The SMILES string of the molecule is CCOC(=O)c1ccn2c(-c3ccnc(N[C@@H](C)c4ccccc4)n3)c(-c3cccc(C(F)(F)F)c3)nc2c1.CNCc1ccn2c(-c3ccnc(N[C@@H](C)c4ccccc4)n3)c(-c3cccc(C(F)(F)F)c3)nc2c1.C[C@H](Nc1nccc(-c2c(-c3cccc(C(F)(F)F)c3)nc3cc(C(=O)O)ccn23)n1)c1ccccc1. The number of alkyl halides is 9. The summed E-state index contributed by atoms with van der Waals surface area (Å²) in [6.45, 7) is 8.49. The number of hydrogen-bond donors (Lipinski definition) is 5. The maximum Gasteiger partial charge on any atom is 0.416 e. The van der Waals surface area contributed by atoms with Gasteiger partial charge in [0.2, 0.25) is 17.8 Å². The predicted molar refractivity (Wildman–Crippen MR) is 411 cm³/mol. The monoisotopic (exact) mass is 1540 g/mol. The van der Waals surface area contributed by atoms with Crippen molar-refractivity contribution in [2.45, 2.75) is 70.9 Å². The molecule has 113 heavy (non-hydrogen) atoms. The van der Waals surface area contributed by atoms with Gasteiger partial charge in [-0.1, -0.05) is 127 Å². The zero-order valence-electron chi connectivity index (χ0n) is 60.8. The van der Waals surface area contributed by atoms with E-state index in [0.29, 0.717) is 81.1 Å². The average molecular weight is 1540 g/mol. The van der Waals surface area contributed by atoms with Crippen LogP contribution in [0.5, 0.6) is 0 Å². The molecule has 9 heterocycles. The first-order valence-electron chi connectivity index (χ1n) is 35.4. The molecule has 15 rings (SSSR count). The Balaban J connectivity index is 0.000000148. The molecule has 0 unspecified atom stereocenters. The normalized spacial score (nSPS) is 12.4. The summed E-state index contributed by atoms with van der Waals surface area (Å²) in [5, 5.41) is 22.3. The third-order valence-corrected chi connectivity index (χ3v) is 18.1. The van der Waals surface area contributed by atoms with Crippen LogP contribution in [0, 0.1) is 0 Å². The number of esters is 1. The third-order valence-electron chi connectivity index (χ3n) is 18.1. The van der Waals surface area contributed by atoms with Gasteiger partial charge in [-0.2, -0.15) is 39.5 Å². The number of carbonyl (C=O) groups is 2. The molecular weight excluding hydrogens is 1470 g/mol. The average Bonchev–Trinajstić information content (AvgIpc) is 1.63. The first-order valence-corrected chi connectivity index (χ1v) is 35.4. The van der Waals surface area contributed by atoms with Crippen LogP contribution in [0.3, 0.4) is 0 Å². The summed E-state index contributed by atoms with van der Waals surface area (Å²) >= 11 is 0. The number of fused-ring (bicyclic) bond motifs is 3. The number of carboxylic acids is 1. The van der Waals surface area contributed by atoms with Gasteiger partial charge in [-0.15, -0.1) is 0 Å². The van der Waals surface area contributed by atoms with Gasteiger partial charge in [0, 0.05) is 60.4 Å². The Hall–Kier alpha value is -13.7. The minimum atomic E-state index is -4.54. The van der Waals surface area contributed by atoms with Gasteiger partial charge >= 0.3 is 30.5 Å². The highest BCUT2D eigenvalue weighted by molar-refractivity contribution is 5.92. The standard InChI is InChI=1S/C29H24F3N5O2.C28H25F3N6.C27H20F3N5O2/c1-3-39-27(38)21-13-15-37-24(17-21)36-25(20-10-7-11-22(16-20)29(30,31)32)26(37)23-12-14-33-28(35-23)34-18(2)19-8-5-4-6-9-19;1-18(20-7-4-3-5-8-20)34-27-33-13-11-23(35-27)26-25(21-9-6-10-22(16-21)28(29,30)31)36-24-15-19(17-32-2)12-14-37(24)26;1-16(17-6-3-2-4-7-17)32-26-31-12-10-21(33-26)24-23(18-8-5-9-20(14-18)27(28,29)30)34-22-15-19(25(36)37)11-13-35(22)24/h4-18H,3H2,1-2H3,(H,33,34,35);3-16,18,32H,17H2,1-2H3,(H,33,34,35);2-16H,1H3,(H,36,37)(H,31,32,33)/t2*18-;16-/m000/s1. The second-order valence-corrected chi connectivity index (χ2v) is 25.9. The second kappa shape index (κ2) is 33.2. The fourth-order valence-corrected chi connectivity index (χ4v) is 12.6. The molecule has 0 fully saturated rings. The lowest BCUT2D eigenvalue weighted by Gasteiger charge is -2.15. The number of pyridine rings is 3. The van der Waals surface area contributed by atoms with Crippen LogP contribution in [0.1, 0.15) is 105 Å². The summed E-state index contributed by atoms with van der Waals surface area (Å²) in [5.74, 6) is -0.590. The molecule has 0 amide bonds. The number of nitrogens with one attached hydrogen (secondary N) is 4. The summed E-state index contributed by atoms with van der Waals surface area (Å²) in [7, 11) is 1.85. The zero-order valence-corrected chi connectivity index (χ0v) is 60.8. The van der Waals surface area contributed by atoms with E-state index in [1.165, 1.54) is 48.7 Å². The van der Waals surface area contributed by atoms with Crippen molar-refractivity contribution in [1.82, 2.24) is 63.4 Å². The molecule has 6 aromatic carbocycles. The lowest BCUT2D eigenvalue weighted by Crippen LogP contribution is -2.09. The molecule has 0 radical (unpaired) electrons. The van der Waals surface area contributed by atoms with Gasteiger partial charge in [0.15, 0.2) is 0 Å². The number of aromatic nitrogens is 12. The maximum absolute atomic E-state index is 13.5. The van der Waals surface area contributed by atoms with Crippen LogP contribution in [0.4, 0.5) is 57.4 Å². The highest BCUT2D eigenvalue weighted by Crippen LogP contribution is 2.41. The number of ether oxygens (including phenoxy) is 1. The first-order chi connectivity index (χ1) is 54.3. The Labute approximate surface area is 640 Å². The Morgan fingerprint density at radius 1 is 0.416 bits per heavy atom. The van der Waals surface area contributed by atoms with Crippen molar-refractivity contribution in [2.24, 2.45) is 0 Å². The molecule has 0 aliphatic heterocycles. The van der Waals surface area contributed by atoms with E-state index in [-0.39, 0.29) is 64.0 Å². The van der Waals surface area contributed by atoms with Gasteiger partial charge in [-0.25, -0.2) is 54.4 Å². The minimum absolute atomic E-state index is 0.00127. The highest BCUT2D eigenvalue weighted by Gasteiger charge is 2.34. The Kier molecular flexibility index (Phi) is 22.8. The van der Waals surface area contributed by atoms with Crippen molar-refractivity contribution in [3.8, 4) is 67.9 Å². The lowest BCUT2D eigenvalue weighted by molar-refractivity contribution is -0.138. The van der Waals surface area contributed by atoms with Crippen molar-refractivity contribution in [3.63, 3.8) is 0 Å². The van der Waals surface area contributed by atoms with Gasteiger partial charge in [-0.05, 0) is 148 Å². The summed E-state index contributed by atoms with van der Waals surface area (Å²) in [5.41, 5.74) is 7.89. The van der Waals surface area contributed by atoms with Crippen LogP contribution >= 0.6 is 0 Å². The Morgan fingerprint density at radius 3 is 1.09 bits per heavy atom. The van der Waals surface area contributed by atoms with Crippen molar-refractivity contribution in [1.29, 1.82) is 0 Å². The largest absolute Gasteiger partial charge is 0.478 e. The van der Waals surface area contributed by atoms with E-state index in [9.17, 15) is 54.2 Å². The van der Waals surface area contributed by atoms with Crippen LogP contribution < -0.4 is 21.3 Å². The number of carbonyl (C=O) groups excluding carboxylic acids is 1. The number of halogens is 9. The number of nitrogens with zero attached hydrogens (tertiary/aromatic N) is 12. The molecule has 0 bridgehead atoms. The number of imidazole rings is 3. The minimum Gasteiger partial charge on any atom is -0.478 e. The number of carboxylic acid groups (broad SMARTS) is 1. The molecule has 29 heteroatoms.